The fraction of sp³-hybridized carbons (Fsp3) is 0.550. The van der Waals surface area contributed by atoms with E-state index in [0.29, 0.717) is 17.0 Å². The van der Waals surface area contributed by atoms with Crippen molar-refractivity contribution in [1.82, 2.24) is 23.7 Å². The van der Waals surface area contributed by atoms with Gasteiger partial charge >= 0.3 is 6.03 Å². The minimum absolute atomic E-state index is 0.130. The fourth-order valence-corrected chi connectivity index (χ4v) is 3.93. The van der Waals surface area contributed by atoms with Crippen molar-refractivity contribution in [3.05, 3.63) is 24.0 Å². The third-order valence-electron chi connectivity index (χ3n) is 4.82. The highest BCUT2D eigenvalue weighted by Crippen LogP contribution is 2.29. The standard InChI is InChI=1S/C20H30N6O2S/c1-20(2,3)17-22-15-8-7-14(13-16(15)26(17)19(28)23(4)5)21-18(27)29-25-11-9-24(6)10-12-25/h7-8,13H,9-12H2,1-6H3,(H,21,27). The maximum absolute atomic E-state index is 12.9. The number of piperazine rings is 1. The van der Waals surface area contributed by atoms with E-state index < -0.39 is 0 Å². The van der Waals surface area contributed by atoms with Crippen LogP contribution in [0.25, 0.3) is 11.0 Å². The summed E-state index contributed by atoms with van der Waals surface area (Å²) in [6.45, 7) is 9.70. The van der Waals surface area contributed by atoms with Crippen LogP contribution in [0.4, 0.5) is 15.3 Å². The maximum atomic E-state index is 12.9. The van der Waals surface area contributed by atoms with Gasteiger partial charge < -0.3 is 15.1 Å². The van der Waals surface area contributed by atoms with Crippen molar-refractivity contribution in [2.24, 2.45) is 0 Å². The molecule has 158 valence electrons. The Hall–Kier alpha value is -2.10. The molecule has 2 heterocycles. The first-order valence-electron chi connectivity index (χ1n) is 9.73. The lowest BCUT2D eigenvalue weighted by molar-refractivity contribution is 0.218. The fourth-order valence-electron chi connectivity index (χ4n) is 3.19. The van der Waals surface area contributed by atoms with Gasteiger partial charge in [0, 0.05) is 63.3 Å². The molecule has 1 aromatic carbocycles. The number of carbonyl (C=O) groups is 2. The first kappa shape index (κ1) is 21.6. The molecule has 1 saturated heterocycles. The van der Waals surface area contributed by atoms with Crippen molar-refractivity contribution in [1.29, 1.82) is 0 Å². The molecule has 1 aliphatic heterocycles. The van der Waals surface area contributed by atoms with Crippen LogP contribution in [0.5, 0.6) is 0 Å². The molecule has 1 fully saturated rings. The Balaban J connectivity index is 1.86. The van der Waals surface area contributed by atoms with Gasteiger partial charge in [0.2, 0.25) is 0 Å². The Kier molecular flexibility index (Phi) is 6.21. The summed E-state index contributed by atoms with van der Waals surface area (Å²) in [6.07, 6.45) is 0. The Labute approximate surface area is 176 Å². The molecule has 2 amide bonds. The van der Waals surface area contributed by atoms with Crippen LogP contribution in [0.15, 0.2) is 18.2 Å². The molecule has 0 aliphatic carbocycles. The Morgan fingerprint density at radius 1 is 1.14 bits per heavy atom. The molecule has 0 saturated carbocycles. The second-order valence-electron chi connectivity index (χ2n) is 8.64. The molecule has 0 unspecified atom stereocenters. The summed E-state index contributed by atoms with van der Waals surface area (Å²) in [7, 11) is 5.53. The lowest BCUT2D eigenvalue weighted by Gasteiger charge is -2.30. The molecular weight excluding hydrogens is 388 g/mol. The van der Waals surface area contributed by atoms with Crippen LogP contribution in [0, 0.1) is 0 Å². The van der Waals surface area contributed by atoms with Crippen LogP contribution >= 0.6 is 11.9 Å². The number of nitrogens with zero attached hydrogens (tertiary/aromatic N) is 5. The summed E-state index contributed by atoms with van der Waals surface area (Å²) in [4.78, 5) is 33.8. The smallest absolute Gasteiger partial charge is 0.329 e. The summed E-state index contributed by atoms with van der Waals surface area (Å²) in [6, 6.07) is 5.34. The number of fused-ring (bicyclic) bond motifs is 1. The zero-order chi connectivity index (χ0) is 21.3. The van der Waals surface area contributed by atoms with E-state index in [0.717, 1.165) is 31.7 Å². The van der Waals surface area contributed by atoms with E-state index in [2.05, 4.69) is 21.6 Å². The summed E-state index contributed by atoms with van der Waals surface area (Å²) in [5.41, 5.74) is 1.77. The lowest BCUT2D eigenvalue weighted by Crippen LogP contribution is -2.41. The van der Waals surface area contributed by atoms with E-state index in [4.69, 9.17) is 4.98 Å². The Morgan fingerprint density at radius 3 is 2.38 bits per heavy atom. The van der Waals surface area contributed by atoms with Crippen LogP contribution in [-0.2, 0) is 5.41 Å². The second-order valence-corrected chi connectivity index (χ2v) is 9.71. The minimum Gasteiger partial charge on any atom is -0.330 e. The molecule has 3 rings (SSSR count). The average molecular weight is 419 g/mol. The quantitative estimate of drug-likeness (QED) is 0.755. The van der Waals surface area contributed by atoms with Crippen LogP contribution in [0.3, 0.4) is 0 Å². The van der Waals surface area contributed by atoms with Crippen LogP contribution in [0.2, 0.25) is 0 Å². The monoisotopic (exact) mass is 418 g/mol. The van der Waals surface area contributed by atoms with E-state index in [9.17, 15) is 9.59 Å². The number of benzene rings is 1. The number of imidazole rings is 1. The predicted molar refractivity (Wildman–Crippen MR) is 119 cm³/mol. The highest BCUT2D eigenvalue weighted by Gasteiger charge is 2.27. The van der Waals surface area contributed by atoms with Gasteiger partial charge in [-0.3, -0.25) is 4.79 Å². The van der Waals surface area contributed by atoms with Crippen molar-refractivity contribution in [3.63, 3.8) is 0 Å². The van der Waals surface area contributed by atoms with Gasteiger partial charge in [-0.15, -0.1) is 0 Å². The van der Waals surface area contributed by atoms with Gasteiger partial charge in [-0.2, -0.15) is 0 Å². The normalized spacial score (nSPS) is 16.2. The van der Waals surface area contributed by atoms with Crippen molar-refractivity contribution in [2.45, 2.75) is 26.2 Å². The predicted octanol–water partition coefficient (Wildman–Crippen LogP) is 3.29. The molecule has 1 aliphatic rings. The third kappa shape index (κ3) is 4.91. The zero-order valence-corrected chi connectivity index (χ0v) is 18.8. The number of aromatic nitrogens is 2. The van der Waals surface area contributed by atoms with Crippen LogP contribution < -0.4 is 5.32 Å². The molecule has 1 N–H and O–H groups in total. The molecule has 2 aromatic rings. The number of carbonyl (C=O) groups excluding carboxylic acids is 2. The number of nitrogens with one attached hydrogen (secondary N) is 1. The number of anilines is 1. The molecule has 1 aromatic heterocycles. The molecule has 9 heteroatoms. The Morgan fingerprint density at radius 2 is 1.79 bits per heavy atom. The maximum Gasteiger partial charge on any atom is 0.329 e. The summed E-state index contributed by atoms with van der Waals surface area (Å²) >= 11 is 1.21. The highest BCUT2D eigenvalue weighted by molar-refractivity contribution is 8.11. The van der Waals surface area contributed by atoms with Crippen LogP contribution in [-0.4, -0.2) is 82.2 Å². The zero-order valence-electron chi connectivity index (χ0n) is 18.0. The van der Waals surface area contributed by atoms with Crippen molar-refractivity contribution in [2.75, 3.05) is 52.6 Å². The molecule has 0 spiro atoms. The highest BCUT2D eigenvalue weighted by atomic mass is 32.2. The van der Waals surface area contributed by atoms with Gasteiger partial charge in [0.1, 0.15) is 5.82 Å². The first-order valence-corrected chi connectivity index (χ1v) is 10.5. The molecule has 29 heavy (non-hydrogen) atoms. The molecule has 0 radical (unpaired) electrons. The van der Waals surface area contributed by atoms with Crippen molar-refractivity contribution in [3.8, 4) is 0 Å². The Bertz CT molecular complexity index is 910. The molecule has 0 bridgehead atoms. The second kappa shape index (κ2) is 8.33. The number of hydrogen-bond acceptors (Lipinski definition) is 6. The summed E-state index contributed by atoms with van der Waals surface area (Å²) < 4.78 is 3.71. The van der Waals surface area contributed by atoms with Gasteiger partial charge in [-0.1, -0.05) is 20.8 Å². The van der Waals surface area contributed by atoms with Gasteiger partial charge in [0.05, 0.1) is 11.0 Å². The van der Waals surface area contributed by atoms with E-state index in [1.54, 1.807) is 18.7 Å². The largest absolute Gasteiger partial charge is 0.330 e. The molecule has 0 atom stereocenters. The van der Waals surface area contributed by atoms with Gasteiger partial charge in [-0.05, 0) is 25.2 Å². The number of amides is 2. The van der Waals surface area contributed by atoms with E-state index in [-0.39, 0.29) is 16.7 Å². The molecular formula is C20H30N6O2S. The minimum atomic E-state index is -0.300. The SMILES string of the molecule is CN1CCN(SC(=O)Nc2ccc3nc(C(C)(C)C)n(C(=O)N(C)C)c3c2)CC1. The number of rotatable bonds is 2. The topological polar surface area (TPSA) is 73.7 Å². The summed E-state index contributed by atoms with van der Waals surface area (Å²) in [5.74, 6) is 0.696. The third-order valence-corrected chi connectivity index (χ3v) is 5.71. The van der Waals surface area contributed by atoms with Gasteiger partial charge in [0.25, 0.3) is 5.24 Å². The van der Waals surface area contributed by atoms with Crippen molar-refractivity contribution < 1.29 is 9.59 Å². The van der Waals surface area contributed by atoms with Crippen LogP contribution in [0.1, 0.15) is 26.6 Å². The van der Waals surface area contributed by atoms with E-state index in [1.807, 2.05) is 39.0 Å². The lowest BCUT2D eigenvalue weighted by atomic mass is 9.96. The van der Waals surface area contributed by atoms with Gasteiger partial charge in [-0.25, -0.2) is 18.7 Å². The number of hydrogen-bond donors (Lipinski definition) is 1. The van der Waals surface area contributed by atoms with E-state index in [1.165, 1.54) is 16.8 Å². The first-order chi connectivity index (χ1) is 13.6. The van der Waals surface area contributed by atoms with E-state index >= 15 is 0 Å². The number of likely N-dealkylation sites (N-methyl/N-ethyl adjacent to an activating group) is 1. The van der Waals surface area contributed by atoms with Gasteiger partial charge in [0.15, 0.2) is 0 Å². The summed E-state index contributed by atoms with van der Waals surface area (Å²) in [5, 5.41) is 2.81. The average Bonchev–Trinajstić information content (AvgIpc) is 3.02. The van der Waals surface area contributed by atoms with Crippen molar-refractivity contribution >= 4 is 39.9 Å². The molecule has 8 nitrogen and oxygen atoms in total.